The van der Waals surface area contributed by atoms with Gasteiger partial charge in [0.05, 0.1) is 0 Å². The largest absolute Gasteiger partial charge is 0.480 e. The van der Waals surface area contributed by atoms with Crippen molar-refractivity contribution in [3.63, 3.8) is 0 Å². The van der Waals surface area contributed by atoms with E-state index in [0.717, 1.165) is 11.1 Å². The molecular weight excluding hydrogens is 571 g/mol. The molecule has 1 spiro atoms. The van der Waals surface area contributed by atoms with Crippen LogP contribution in [0.3, 0.4) is 0 Å². The van der Waals surface area contributed by atoms with E-state index in [-0.39, 0.29) is 33.4 Å². The van der Waals surface area contributed by atoms with Crippen molar-refractivity contribution in [3.8, 4) is 17.0 Å². The number of benzene rings is 2. The lowest BCUT2D eigenvalue weighted by molar-refractivity contribution is -0.198. The molecule has 2 aromatic carbocycles. The molecule has 2 fully saturated rings. The number of aliphatic carboxylic acids is 1. The molecule has 42 heavy (non-hydrogen) atoms. The molecule has 4 N–H and O–H groups in total. The number of hydrogen-bond acceptors (Lipinski definition) is 7. The summed E-state index contributed by atoms with van der Waals surface area (Å²) in [4.78, 5) is 21.5. The first-order valence-electron chi connectivity index (χ1n) is 13.5. The summed E-state index contributed by atoms with van der Waals surface area (Å²) in [5.41, 5.74) is 8.00. The second-order valence-electron chi connectivity index (χ2n) is 11.0. The number of allylic oxidation sites excluding steroid dienone is 1. The lowest BCUT2D eigenvalue weighted by atomic mass is 9.76. The number of nitrogens with one attached hydrogen (secondary N) is 1. The molecule has 222 valence electrons. The van der Waals surface area contributed by atoms with E-state index in [2.05, 4.69) is 21.9 Å². The van der Waals surface area contributed by atoms with Gasteiger partial charge in [0.25, 0.3) is 0 Å². The quantitative estimate of drug-likeness (QED) is 0.296. The molecule has 2 atom stereocenters. The Morgan fingerprint density at radius 1 is 1.21 bits per heavy atom. The van der Waals surface area contributed by atoms with Gasteiger partial charge >= 0.3 is 12.1 Å². The molecule has 3 aromatic rings. The number of nitrogens with zero attached hydrogens (tertiary/aromatic N) is 3. The SMILES string of the molecule is C=C(C)c1cccc(-c2cc(Cl)ccc2[C@@H](Oc2cc(N3CCC4(CC3)CN[C@H](C(=O)O)C4)nc(N)n2)C(F)(F)F)c1. The van der Waals surface area contributed by atoms with Crippen LogP contribution in [0.1, 0.15) is 43.4 Å². The number of hydrogen-bond donors (Lipinski definition) is 3. The van der Waals surface area contributed by atoms with Crippen LogP contribution in [0.2, 0.25) is 5.02 Å². The number of piperidine rings is 1. The van der Waals surface area contributed by atoms with E-state index in [9.17, 15) is 23.1 Å². The lowest BCUT2D eigenvalue weighted by Crippen LogP contribution is -2.41. The molecule has 12 heteroatoms. The molecule has 3 heterocycles. The monoisotopic (exact) mass is 601 g/mol. The average molecular weight is 602 g/mol. The van der Waals surface area contributed by atoms with E-state index in [1.165, 1.54) is 24.3 Å². The Bertz CT molecular complexity index is 1510. The molecule has 8 nitrogen and oxygen atoms in total. The van der Waals surface area contributed by atoms with Crippen LogP contribution < -0.4 is 20.7 Å². The number of alkyl halides is 3. The highest BCUT2D eigenvalue weighted by Crippen LogP contribution is 2.43. The van der Waals surface area contributed by atoms with Crippen LogP contribution in [-0.2, 0) is 4.79 Å². The van der Waals surface area contributed by atoms with E-state index in [4.69, 9.17) is 22.1 Å². The number of aromatic nitrogens is 2. The zero-order chi connectivity index (χ0) is 30.2. The maximum atomic E-state index is 14.6. The second-order valence-corrected chi connectivity index (χ2v) is 11.5. The van der Waals surface area contributed by atoms with E-state index >= 15 is 0 Å². The predicted octanol–water partition coefficient (Wildman–Crippen LogP) is 6.13. The number of nitrogen functional groups attached to an aromatic ring is 1. The first-order valence-corrected chi connectivity index (χ1v) is 13.9. The molecule has 0 bridgehead atoms. The first-order chi connectivity index (χ1) is 19.8. The maximum absolute atomic E-state index is 14.6. The van der Waals surface area contributed by atoms with Crippen LogP contribution in [0.5, 0.6) is 5.88 Å². The third-order valence-electron chi connectivity index (χ3n) is 8.01. The Kier molecular flexibility index (Phi) is 8.08. The molecule has 0 unspecified atom stereocenters. The molecule has 5 rings (SSSR count). The summed E-state index contributed by atoms with van der Waals surface area (Å²) in [6.07, 6.45) is -5.24. The standard InChI is InChI=1S/C30H31ClF3N5O3/c1-17(2)18-4-3-5-19(12-18)22-13-20(31)6-7-21(22)26(30(32,33)34)42-25-14-24(37-28(35)38-25)39-10-8-29(9-11-39)15-23(27(40)41)36-16-29/h3-7,12-14,23,26,36H,1,8-11,15-16H2,2H3,(H,40,41)(H2,35,37,38)/t23-,26+/m0/s1. The highest BCUT2D eigenvalue weighted by atomic mass is 35.5. The minimum Gasteiger partial charge on any atom is -0.480 e. The molecule has 1 aromatic heterocycles. The minimum atomic E-state index is -4.80. The van der Waals surface area contributed by atoms with Crippen molar-refractivity contribution in [2.45, 2.75) is 44.5 Å². The lowest BCUT2D eigenvalue weighted by Gasteiger charge is -2.39. The Morgan fingerprint density at radius 3 is 2.60 bits per heavy atom. The number of halogens is 4. The third-order valence-corrected chi connectivity index (χ3v) is 8.25. The van der Waals surface area contributed by atoms with Gasteiger partial charge in [0.2, 0.25) is 17.9 Å². The van der Waals surface area contributed by atoms with Gasteiger partial charge in [-0.15, -0.1) is 0 Å². The van der Waals surface area contributed by atoms with E-state index < -0.39 is 24.3 Å². The fourth-order valence-electron chi connectivity index (χ4n) is 5.72. The summed E-state index contributed by atoms with van der Waals surface area (Å²) in [6.45, 7) is 7.42. The van der Waals surface area contributed by atoms with Crippen molar-refractivity contribution >= 4 is 34.9 Å². The topological polar surface area (TPSA) is 114 Å². The Labute approximate surface area is 246 Å². The van der Waals surface area contributed by atoms with Gasteiger partial charge in [0.1, 0.15) is 11.9 Å². The molecule has 0 aliphatic carbocycles. The highest BCUT2D eigenvalue weighted by Gasteiger charge is 2.46. The summed E-state index contributed by atoms with van der Waals surface area (Å²) >= 11 is 6.23. The van der Waals surface area contributed by atoms with E-state index in [1.54, 1.807) is 18.2 Å². The van der Waals surface area contributed by atoms with Crippen LogP contribution in [-0.4, -0.2) is 52.9 Å². The summed E-state index contributed by atoms with van der Waals surface area (Å²) in [5, 5.41) is 12.7. The second kappa shape index (κ2) is 11.4. The van der Waals surface area contributed by atoms with Gasteiger partial charge in [0, 0.05) is 36.3 Å². The third kappa shape index (κ3) is 6.32. The fourth-order valence-corrected chi connectivity index (χ4v) is 5.89. The van der Waals surface area contributed by atoms with Crippen LogP contribution >= 0.6 is 11.6 Å². The van der Waals surface area contributed by atoms with Crippen molar-refractivity contribution in [3.05, 3.63) is 71.3 Å². The zero-order valence-corrected chi connectivity index (χ0v) is 23.7. The Balaban J connectivity index is 1.43. The van der Waals surface area contributed by atoms with Crippen LogP contribution in [0.25, 0.3) is 16.7 Å². The summed E-state index contributed by atoms with van der Waals surface area (Å²) in [6, 6.07) is 12.0. The number of carbonyl (C=O) groups is 1. The van der Waals surface area contributed by atoms with Gasteiger partial charge in [0.15, 0.2) is 0 Å². The molecule has 0 amide bonds. The van der Waals surface area contributed by atoms with E-state index in [1.807, 2.05) is 17.9 Å². The molecule has 2 aliphatic rings. The van der Waals surface area contributed by atoms with Gasteiger partial charge < -0.3 is 25.8 Å². The number of carboxylic acids is 1. The molecule has 0 radical (unpaired) electrons. The van der Waals surface area contributed by atoms with Crippen molar-refractivity contribution in [1.82, 2.24) is 15.3 Å². The van der Waals surface area contributed by atoms with Gasteiger partial charge in [-0.2, -0.15) is 23.1 Å². The summed E-state index contributed by atoms with van der Waals surface area (Å²) < 4.78 is 49.4. The number of carboxylic acid groups (broad SMARTS) is 1. The first kappa shape index (κ1) is 29.7. The van der Waals surface area contributed by atoms with E-state index in [0.29, 0.717) is 50.3 Å². The van der Waals surface area contributed by atoms with Crippen molar-refractivity contribution in [2.24, 2.45) is 5.41 Å². The normalized spacial score (nSPS) is 19.1. The Morgan fingerprint density at radius 2 is 1.95 bits per heavy atom. The zero-order valence-electron chi connectivity index (χ0n) is 22.9. The number of nitrogens with two attached hydrogens (primary N) is 1. The maximum Gasteiger partial charge on any atom is 0.429 e. The Hall–Kier alpha value is -3.83. The fraction of sp³-hybridized carbons (Fsp3) is 0.367. The number of anilines is 2. The molecule has 2 saturated heterocycles. The number of rotatable bonds is 7. The highest BCUT2D eigenvalue weighted by molar-refractivity contribution is 6.30. The molecular formula is C30H31ClF3N5O3. The summed E-state index contributed by atoms with van der Waals surface area (Å²) in [7, 11) is 0. The number of ether oxygens (including phenoxy) is 1. The predicted molar refractivity (Wildman–Crippen MR) is 155 cm³/mol. The minimum absolute atomic E-state index is 0.133. The van der Waals surface area contributed by atoms with Crippen LogP contribution in [0.15, 0.2) is 55.1 Å². The van der Waals surface area contributed by atoms with Crippen molar-refractivity contribution in [2.75, 3.05) is 30.3 Å². The van der Waals surface area contributed by atoms with Gasteiger partial charge in [-0.05, 0) is 66.5 Å². The van der Waals surface area contributed by atoms with Gasteiger partial charge in [-0.1, -0.05) is 48.0 Å². The smallest absolute Gasteiger partial charge is 0.429 e. The van der Waals surface area contributed by atoms with Gasteiger partial charge in [-0.3, -0.25) is 4.79 Å². The van der Waals surface area contributed by atoms with Crippen LogP contribution in [0, 0.1) is 5.41 Å². The van der Waals surface area contributed by atoms with Gasteiger partial charge in [-0.25, -0.2) is 0 Å². The molecule has 2 aliphatic heterocycles. The van der Waals surface area contributed by atoms with Crippen molar-refractivity contribution in [1.29, 1.82) is 0 Å². The average Bonchev–Trinajstić information content (AvgIpc) is 3.35. The van der Waals surface area contributed by atoms with Crippen LogP contribution in [0.4, 0.5) is 24.9 Å². The molecule has 0 saturated carbocycles. The summed E-state index contributed by atoms with van der Waals surface area (Å²) in [5.74, 6) is -1.06. The van der Waals surface area contributed by atoms with Crippen molar-refractivity contribution < 1.29 is 27.8 Å².